The van der Waals surface area contributed by atoms with Gasteiger partial charge >= 0.3 is 0 Å². The summed E-state index contributed by atoms with van der Waals surface area (Å²) >= 11 is 1.99. The molecule has 0 rings (SSSR count). The molecule has 0 radical (unpaired) electrons. The van der Waals surface area contributed by atoms with Crippen molar-refractivity contribution in [1.82, 2.24) is 5.32 Å². The van der Waals surface area contributed by atoms with Gasteiger partial charge in [-0.15, -0.1) is 0 Å². The monoisotopic (exact) mass is 233 g/mol. The van der Waals surface area contributed by atoms with Crippen LogP contribution in [0.5, 0.6) is 0 Å². The van der Waals surface area contributed by atoms with Crippen LogP contribution in [-0.2, 0) is 0 Å². The first-order valence-electron chi connectivity index (χ1n) is 5.93. The molecule has 0 saturated carbocycles. The minimum absolute atomic E-state index is 0.131. The van der Waals surface area contributed by atoms with Crippen molar-refractivity contribution in [2.75, 3.05) is 12.4 Å². The average Bonchev–Trinajstić information content (AvgIpc) is 2.13. The van der Waals surface area contributed by atoms with Crippen LogP contribution < -0.4 is 5.32 Å². The maximum absolute atomic E-state index is 9.44. The lowest BCUT2D eigenvalue weighted by Gasteiger charge is -2.33. The van der Waals surface area contributed by atoms with Crippen molar-refractivity contribution < 1.29 is 5.11 Å². The molecule has 0 spiro atoms. The Bertz CT molecular complexity index is 164. The number of hydrogen-bond acceptors (Lipinski definition) is 3. The normalized spacial score (nSPS) is 17.8. The molecular formula is C12H27NOS. The summed E-state index contributed by atoms with van der Waals surface area (Å²) in [4.78, 5) is 0. The lowest BCUT2D eigenvalue weighted by Crippen LogP contribution is -2.50. The van der Waals surface area contributed by atoms with Crippen LogP contribution in [-0.4, -0.2) is 34.3 Å². The van der Waals surface area contributed by atoms with Gasteiger partial charge in [0.15, 0.2) is 0 Å². The molecule has 92 valence electrons. The summed E-state index contributed by atoms with van der Waals surface area (Å²) < 4.78 is 0. The number of aliphatic hydroxyl groups excluding tert-OH is 1. The molecule has 2 unspecified atom stereocenters. The Morgan fingerprint density at radius 2 is 1.93 bits per heavy atom. The molecule has 0 saturated heterocycles. The van der Waals surface area contributed by atoms with Crippen molar-refractivity contribution >= 4 is 11.8 Å². The first kappa shape index (κ1) is 15.3. The fourth-order valence-corrected chi connectivity index (χ4v) is 3.00. The Morgan fingerprint density at radius 3 is 2.33 bits per heavy atom. The third kappa shape index (κ3) is 7.20. The van der Waals surface area contributed by atoms with Gasteiger partial charge in [0.25, 0.3) is 0 Å². The van der Waals surface area contributed by atoms with Crippen LogP contribution in [0.4, 0.5) is 0 Å². The van der Waals surface area contributed by atoms with E-state index >= 15 is 0 Å². The van der Waals surface area contributed by atoms with Gasteiger partial charge in [-0.25, -0.2) is 0 Å². The molecule has 15 heavy (non-hydrogen) atoms. The first-order chi connectivity index (χ1) is 6.93. The summed E-state index contributed by atoms with van der Waals surface area (Å²) in [5.74, 6) is 1.21. The molecule has 3 heteroatoms. The average molecular weight is 233 g/mol. The van der Waals surface area contributed by atoms with E-state index in [2.05, 4.69) is 39.9 Å². The lowest BCUT2D eigenvalue weighted by molar-refractivity contribution is 0.157. The molecular weight excluding hydrogens is 206 g/mol. The van der Waals surface area contributed by atoms with Crippen LogP contribution in [0.25, 0.3) is 0 Å². The molecule has 0 bridgehead atoms. The number of nitrogens with one attached hydrogen (secondary N) is 1. The Balaban J connectivity index is 4.05. The molecule has 0 aromatic carbocycles. The van der Waals surface area contributed by atoms with Crippen LogP contribution in [0.2, 0.25) is 0 Å². The fraction of sp³-hybridized carbons (Fsp3) is 1.00. The highest BCUT2D eigenvalue weighted by Gasteiger charge is 2.26. The SMILES string of the molecule is CCCSC(C)CC(C)(CO)NC(C)C. The van der Waals surface area contributed by atoms with E-state index in [0.29, 0.717) is 11.3 Å². The van der Waals surface area contributed by atoms with Crippen molar-refractivity contribution in [1.29, 1.82) is 0 Å². The van der Waals surface area contributed by atoms with Crippen molar-refractivity contribution in [3.63, 3.8) is 0 Å². The van der Waals surface area contributed by atoms with E-state index in [1.54, 1.807) is 0 Å². The summed E-state index contributed by atoms with van der Waals surface area (Å²) in [7, 11) is 0. The van der Waals surface area contributed by atoms with E-state index in [-0.39, 0.29) is 12.1 Å². The highest BCUT2D eigenvalue weighted by Crippen LogP contribution is 2.22. The zero-order valence-electron chi connectivity index (χ0n) is 10.8. The van der Waals surface area contributed by atoms with Gasteiger partial charge < -0.3 is 10.4 Å². The Kier molecular flexibility index (Phi) is 7.66. The molecule has 0 aromatic heterocycles. The van der Waals surface area contributed by atoms with Crippen molar-refractivity contribution in [2.45, 2.75) is 64.3 Å². The second kappa shape index (κ2) is 7.53. The number of thioether (sulfide) groups is 1. The van der Waals surface area contributed by atoms with Crippen LogP contribution in [0.1, 0.15) is 47.5 Å². The molecule has 0 aromatic rings. The highest BCUT2D eigenvalue weighted by molar-refractivity contribution is 7.99. The number of rotatable bonds is 8. The summed E-state index contributed by atoms with van der Waals surface area (Å²) in [5.41, 5.74) is -0.131. The lowest BCUT2D eigenvalue weighted by atomic mass is 9.96. The predicted molar refractivity (Wildman–Crippen MR) is 70.6 cm³/mol. The van der Waals surface area contributed by atoms with Crippen LogP contribution in [0, 0.1) is 0 Å². The standard InChI is InChI=1S/C12H27NOS/c1-6-7-15-11(4)8-12(5,9-14)13-10(2)3/h10-11,13-14H,6-9H2,1-5H3. The second-order valence-corrected chi connectivity index (χ2v) is 6.45. The minimum Gasteiger partial charge on any atom is -0.394 e. The van der Waals surface area contributed by atoms with Gasteiger partial charge in [-0.3, -0.25) is 0 Å². The third-order valence-corrected chi connectivity index (χ3v) is 3.71. The molecule has 0 aliphatic carbocycles. The van der Waals surface area contributed by atoms with E-state index in [0.717, 1.165) is 6.42 Å². The molecule has 2 atom stereocenters. The quantitative estimate of drug-likeness (QED) is 0.676. The smallest absolute Gasteiger partial charge is 0.0611 e. The van der Waals surface area contributed by atoms with Gasteiger partial charge in [0, 0.05) is 16.8 Å². The molecule has 2 N–H and O–H groups in total. The molecule has 0 heterocycles. The number of aliphatic hydroxyl groups is 1. The van der Waals surface area contributed by atoms with Gasteiger partial charge in [-0.1, -0.05) is 27.7 Å². The van der Waals surface area contributed by atoms with Crippen LogP contribution in [0.15, 0.2) is 0 Å². The maximum atomic E-state index is 9.44. The van der Waals surface area contributed by atoms with Gasteiger partial charge in [-0.05, 0) is 25.5 Å². The largest absolute Gasteiger partial charge is 0.394 e. The van der Waals surface area contributed by atoms with Crippen molar-refractivity contribution in [3.05, 3.63) is 0 Å². The zero-order chi connectivity index (χ0) is 11.9. The Labute approximate surface area is 99.2 Å². The van der Waals surface area contributed by atoms with Crippen LogP contribution >= 0.6 is 11.8 Å². The van der Waals surface area contributed by atoms with E-state index in [4.69, 9.17) is 0 Å². The first-order valence-corrected chi connectivity index (χ1v) is 6.98. The summed E-state index contributed by atoms with van der Waals surface area (Å²) in [5, 5.41) is 13.5. The third-order valence-electron chi connectivity index (χ3n) is 2.33. The Hall–Kier alpha value is 0.270. The van der Waals surface area contributed by atoms with E-state index < -0.39 is 0 Å². The van der Waals surface area contributed by atoms with Crippen molar-refractivity contribution in [2.24, 2.45) is 0 Å². The topological polar surface area (TPSA) is 32.3 Å². The molecule has 0 aliphatic rings. The van der Waals surface area contributed by atoms with E-state index in [1.165, 1.54) is 12.2 Å². The summed E-state index contributed by atoms with van der Waals surface area (Å²) in [6.45, 7) is 11.0. The molecule has 0 fully saturated rings. The van der Waals surface area contributed by atoms with E-state index in [9.17, 15) is 5.11 Å². The van der Waals surface area contributed by atoms with Gasteiger partial charge in [0.1, 0.15) is 0 Å². The molecule has 2 nitrogen and oxygen atoms in total. The second-order valence-electron chi connectivity index (χ2n) is 4.90. The van der Waals surface area contributed by atoms with Gasteiger partial charge in [-0.2, -0.15) is 11.8 Å². The zero-order valence-corrected chi connectivity index (χ0v) is 11.7. The van der Waals surface area contributed by atoms with Gasteiger partial charge in [0.2, 0.25) is 0 Å². The summed E-state index contributed by atoms with van der Waals surface area (Å²) in [6.07, 6.45) is 2.24. The minimum atomic E-state index is -0.131. The molecule has 0 amide bonds. The number of hydrogen-bond donors (Lipinski definition) is 2. The van der Waals surface area contributed by atoms with Crippen LogP contribution in [0.3, 0.4) is 0 Å². The molecule has 0 aliphatic heterocycles. The van der Waals surface area contributed by atoms with Gasteiger partial charge in [0.05, 0.1) is 6.61 Å². The highest BCUT2D eigenvalue weighted by atomic mass is 32.2. The van der Waals surface area contributed by atoms with E-state index in [1.807, 2.05) is 11.8 Å². The predicted octanol–water partition coefficient (Wildman–Crippen LogP) is 2.66. The Morgan fingerprint density at radius 1 is 1.33 bits per heavy atom. The maximum Gasteiger partial charge on any atom is 0.0611 e. The fourth-order valence-electron chi connectivity index (χ4n) is 1.88. The summed E-state index contributed by atoms with van der Waals surface area (Å²) in [6, 6.07) is 0.422. The van der Waals surface area contributed by atoms with Crippen molar-refractivity contribution in [3.8, 4) is 0 Å².